The maximum Gasteiger partial charge on any atom is 0.255 e. The highest BCUT2D eigenvalue weighted by molar-refractivity contribution is 14.1. The van der Waals surface area contributed by atoms with Gasteiger partial charge in [-0.2, -0.15) is 0 Å². The monoisotopic (exact) mass is 386 g/mol. The predicted octanol–water partition coefficient (Wildman–Crippen LogP) is 3.19. The molecule has 1 fully saturated rings. The van der Waals surface area contributed by atoms with Gasteiger partial charge in [-0.25, -0.2) is 0 Å². The molecule has 2 atom stereocenters. The van der Waals surface area contributed by atoms with Crippen molar-refractivity contribution < 1.29 is 4.79 Å². The average Bonchev–Trinajstić information content (AvgIpc) is 2.91. The van der Waals surface area contributed by atoms with Crippen molar-refractivity contribution in [1.29, 1.82) is 0 Å². The van der Waals surface area contributed by atoms with E-state index in [-0.39, 0.29) is 5.91 Å². The van der Waals surface area contributed by atoms with Crippen molar-refractivity contribution >= 4 is 28.5 Å². The van der Waals surface area contributed by atoms with Gasteiger partial charge in [0.05, 0.1) is 5.56 Å². The van der Waals surface area contributed by atoms with Crippen LogP contribution >= 0.6 is 22.6 Å². The molecule has 20 heavy (non-hydrogen) atoms. The van der Waals surface area contributed by atoms with Crippen molar-refractivity contribution in [2.24, 2.45) is 11.7 Å². The zero-order valence-corrected chi connectivity index (χ0v) is 14.4. The van der Waals surface area contributed by atoms with Crippen LogP contribution in [0.2, 0.25) is 0 Å². The van der Waals surface area contributed by atoms with Crippen LogP contribution in [0.25, 0.3) is 0 Å². The first-order valence-electron chi connectivity index (χ1n) is 7.36. The fraction of sp³-hybridized carbons (Fsp3) is 0.562. The van der Waals surface area contributed by atoms with Gasteiger partial charge in [0.2, 0.25) is 0 Å². The van der Waals surface area contributed by atoms with Crippen LogP contribution in [0.4, 0.5) is 0 Å². The van der Waals surface area contributed by atoms with E-state index in [1.54, 1.807) is 0 Å². The number of aryl methyl sites for hydroxylation is 1. The number of hydrogen-bond acceptors (Lipinski definition) is 2. The van der Waals surface area contributed by atoms with Gasteiger partial charge in [0.1, 0.15) is 0 Å². The summed E-state index contributed by atoms with van der Waals surface area (Å²) in [6.07, 6.45) is 3.42. The Hall–Kier alpha value is -0.620. The first kappa shape index (κ1) is 15.8. The van der Waals surface area contributed by atoms with Gasteiger partial charge in [-0.05, 0) is 73.4 Å². The van der Waals surface area contributed by atoms with Crippen LogP contribution in [0.15, 0.2) is 18.2 Å². The van der Waals surface area contributed by atoms with Crippen LogP contribution < -0.4 is 5.73 Å². The van der Waals surface area contributed by atoms with E-state index in [0.717, 1.165) is 34.1 Å². The van der Waals surface area contributed by atoms with Gasteiger partial charge < -0.3 is 10.6 Å². The Kier molecular flexibility index (Phi) is 5.43. The van der Waals surface area contributed by atoms with Crippen molar-refractivity contribution in [2.75, 3.05) is 13.1 Å². The smallest absolute Gasteiger partial charge is 0.255 e. The number of nitrogens with two attached hydrogens (primary N) is 1. The van der Waals surface area contributed by atoms with Crippen LogP contribution in [-0.2, 0) is 0 Å². The van der Waals surface area contributed by atoms with E-state index in [4.69, 9.17) is 5.73 Å². The SMILES string of the molecule is CCN(C(=O)c1cccc(C)c1I)C1CCCC1CN. The standard InChI is InChI=1S/C16H23IN2O/c1-3-19(14-9-5-7-12(14)10-18)16(20)13-8-4-6-11(2)15(13)17/h4,6,8,12,14H,3,5,7,9-10,18H2,1-2H3. The lowest BCUT2D eigenvalue weighted by Crippen LogP contribution is -2.44. The first-order valence-corrected chi connectivity index (χ1v) is 8.44. The molecule has 110 valence electrons. The molecule has 2 rings (SSSR count). The molecule has 1 aromatic carbocycles. The second-order valence-corrected chi connectivity index (χ2v) is 6.60. The van der Waals surface area contributed by atoms with Gasteiger partial charge in [0.25, 0.3) is 5.91 Å². The number of hydrogen-bond donors (Lipinski definition) is 1. The van der Waals surface area contributed by atoms with Crippen molar-refractivity contribution in [1.82, 2.24) is 4.90 Å². The highest BCUT2D eigenvalue weighted by Gasteiger charge is 2.33. The molecular weight excluding hydrogens is 363 g/mol. The van der Waals surface area contributed by atoms with Crippen molar-refractivity contribution in [3.05, 3.63) is 32.9 Å². The van der Waals surface area contributed by atoms with Crippen LogP contribution in [-0.4, -0.2) is 29.9 Å². The number of nitrogens with zero attached hydrogens (tertiary/aromatic N) is 1. The number of halogens is 1. The molecule has 4 heteroatoms. The predicted molar refractivity (Wildman–Crippen MR) is 90.8 cm³/mol. The third-order valence-electron chi connectivity index (χ3n) is 4.35. The third-order valence-corrected chi connectivity index (χ3v) is 5.78. The fourth-order valence-electron chi connectivity index (χ4n) is 3.20. The van der Waals surface area contributed by atoms with Crippen LogP contribution in [0, 0.1) is 16.4 Å². The largest absolute Gasteiger partial charge is 0.336 e. The van der Waals surface area contributed by atoms with Gasteiger partial charge in [-0.15, -0.1) is 0 Å². The topological polar surface area (TPSA) is 46.3 Å². The minimum absolute atomic E-state index is 0.158. The molecule has 1 aromatic rings. The van der Waals surface area contributed by atoms with Gasteiger partial charge in [0, 0.05) is 16.2 Å². The van der Waals surface area contributed by atoms with E-state index in [1.165, 1.54) is 6.42 Å². The molecule has 0 aromatic heterocycles. The maximum atomic E-state index is 12.9. The third kappa shape index (κ3) is 3.01. The lowest BCUT2D eigenvalue weighted by Gasteiger charge is -2.32. The summed E-state index contributed by atoms with van der Waals surface area (Å²) in [5.74, 6) is 0.618. The summed E-state index contributed by atoms with van der Waals surface area (Å²) in [5, 5.41) is 0. The maximum absolute atomic E-state index is 12.9. The molecule has 0 saturated heterocycles. The van der Waals surface area contributed by atoms with Crippen LogP contribution in [0.3, 0.4) is 0 Å². The van der Waals surface area contributed by atoms with Crippen molar-refractivity contribution in [3.8, 4) is 0 Å². The number of carbonyl (C=O) groups excluding carboxylic acids is 1. The molecule has 1 aliphatic carbocycles. The molecule has 3 nitrogen and oxygen atoms in total. The van der Waals surface area contributed by atoms with Gasteiger partial charge in [-0.1, -0.05) is 18.6 Å². The molecule has 2 unspecified atom stereocenters. The molecule has 0 bridgehead atoms. The molecule has 0 aliphatic heterocycles. The van der Waals surface area contributed by atoms with Crippen molar-refractivity contribution in [3.63, 3.8) is 0 Å². The Labute approximate surface area is 135 Å². The molecule has 1 saturated carbocycles. The summed E-state index contributed by atoms with van der Waals surface area (Å²) in [6.45, 7) is 5.54. The fourth-order valence-corrected chi connectivity index (χ4v) is 3.79. The molecule has 1 amide bonds. The Balaban J connectivity index is 2.27. The number of carbonyl (C=O) groups is 1. The minimum atomic E-state index is 0.158. The molecule has 0 radical (unpaired) electrons. The molecular formula is C16H23IN2O. The summed E-state index contributed by atoms with van der Waals surface area (Å²) in [7, 11) is 0. The molecule has 0 heterocycles. The van der Waals surface area contributed by atoms with Crippen LogP contribution in [0.1, 0.15) is 42.1 Å². The van der Waals surface area contributed by atoms with E-state index in [0.29, 0.717) is 18.5 Å². The Bertz CT molecular complexity index is 489. The zero-order chi connectivity index (χ0) is 14.7. The first-order chi connectivity index (χ1) is 9.60. The Morgan fingerprint density at radius 3 is 2.85 bits per heavy atom. The average molecular weight is 386 g/mol. The number of rotatable bonds is 4. The van der Waals surface area contributed by atoms with E-state index < -0.39 is 0 Å². The van der Waals surface area contributed by atoms with Crippen LogP contribution in [0.5, 0.6) is 0 Å². The van der Waals surface area contributed by atoms with E-state index >= 15 is 0 Å². The lowest BCUT2D eigenvalue weighted by molar-refractivity contribution is 0.0651. The summed E-state index contributed by atoms with van der Waals surface area (Å²) >= 11 is 2.28. The van der Waals surface area contributed by atoms with E-state index in [9.17, 15) is 4.79 Å². The summed E-state index contributed by atoms with van der Waals surface area (Å²) < 4.78 is 1.07. The molecule has 2 N–H and O–H groups in total. The van der Waals surface area contributed by atoms with E-state index in [2.05, 4.69) is 29.5 Å². The number of amides is 1. The Morgan fingerprint density at radius 1 is 1.45 bits per heavy atom. The highest BCUT2D eigenvalue weighted by Crippen LogP contribution is 2.31. The van der Waals surface area contributed by atoms with E-state index in [1.807, 2.05) is 30.0 Å². The zero-order valence-electron chi connectivity index (χ0n) is 12.2. The summed E-state index contributed by atoms with van der Waals surface area (Å²) in [6, 6.07) is 6.27. The molecule has 1 aliphatic rings. The lowest BCUT2D eigenvalue weighted by atomic mass is 10.0. The normalized spacial score (nSPS) is 22.0. The Morgan fingerprint density at radius 2 is 2.20 bits per heavy atom. The second kappa shape index (κ2) is 6.89. The summed E-state index contributed by atoms with van der Waals surface area (Å²) in [5.41, 5.74) is 7.86. The summed E-state index contributed by atoms with van der Waals surface area (Å²) in [4.78, 5) is 14.9. The van der Waals surface area contributed by atoms with Gasteiger partial charge >= 0.3 is 0 Å². The van der Waals surface area contributed by atoms with Gasteiger partial charge in [-0.3, -0.25) is 4.79 Å². The highest BCUT2D eigenvalue weighted by atomic mass is 127. The quantitative estimate of drug-likeness (QED) is 0.808. The van der Waals surface area contributed by atoms with Gasteiger partial charge in [0.15, 0.2) is 0 Å². The van der Waals surface area contributed by atoms with Crippen molar-refractivity contribution in [2.45, 2.75) is 39.2 Å². The minimum Gasteiger partial charge on any atom is -0.336 e. The molecule has 0 spiro atoms. The second-order valence-electron chi connectivity index (χ2n) is 5.52. The number of benzene rings is 1.